The second-order valence-corrected chi connectivity index (χ2v) is 13.6. The molecule has 0 radical (unpaired) electrons. The Labute approximate surface area is 258 Å². The van der Waals surface area contributed by atoms with E-state index in [1.165, 1.54) is 38.4 Å². The molecule has 2 N–H and O–H groups in total. The number of ether oxygens (including phenoxy) is 1. The number of para-hydroxylation sites is 1. The molecule has 0 aliphatic carbocycles. The van der Waals surface area contributed by atoms with Gasteiger partial charge in [0.05, 0.1) is 28.9 Å². The number of nitrogens with one attached hydrogen (secondary N) is 2. The lowest BCUT2D eigenvalue weighted by Crippen LogP contribution is -2.29. The molecule has 1 amide bonds. The third-order valence-electron chi connectivity index (χ3n) is 8.25. The number of hydrogen-bond donors (Lipinski definition) is 2. The number of rotatable bonds is 5. The number of sulfonamides is 1. The van der Waals surface area contributed by atoms with Crippen molar-refractivity contribution < 1.29 is 26.8 Å². The number of aromatic nitrogens is 2. The molecule has 0 atom stereocenters. The van der Waals surface area contributed by atoms with Crippen molar-refractivity contribution in [3.05, 3.63) is 89.7 Å². The van der Waals surface area contributed by atoms with Crippen LogP contribution in [0.4, 0.5) is 10.1 Å². The van der Waals surface area contributed by atoms with Gasteiger partial charge in [-0.25, -0.2) is 17.8 Å². The molecule has 3 aromatic carbocycles. The van der Waals surface area contributed by atoms with E-state index in [4.69, 9.17) is 14.1 Å². The molecule has 0 saturated carbocycles. The van der Waals surface area contributed by atoms with Crippen molar-refractivity contribution in [1.29, 1.82) is 0 Å². The first-order valence-corrected chi connectivity index (χ1v) is 16.1. The summed E-state index contributed by atoms with van der Waals surface area (Å²) >= 11 is 0. The molecule has 1 aliphatic heterocycles. The maximum atomic E-state index is 13.8. The van der Waals surface area contributed by atoms with Crippen molar-refractivity contribution in [2.75, 3.05) is 24.7 Å². The second kappa shape index (κ2) is 9.93. The zero-order chi connectivity index (χ0) is 31.8. The predicted octanol–water partition coefficient (Wildman–Crippen LogP) is 6.83. The number of fused-ring (bicyclic) bond motifs is 6. The van der Waals surface area contributed by atoms with Crippen LogP contribution in [0.1, 0.15) is 29.8 Å². The molecule has 11 heteroatoms. The van der Waals surface area contributed by atoms with Gasteiger partial charge in [-0.15, -0.1) is 0 Å². The van der Waals surface area contributed by atoms with Gasteiger partial charge >= 0.3 is 0 Å². The van der Waals surface area contributed by atoms with Crippen LogP contribution in [-0.2, 0) is 15.6 Å². The molecule has 0 unspecified atom stereocenters. The van der Waals surface area contributed by atoms with Crippen LogP contribution in [0.25, 0.3) is 55.8 Å². The number of amides is 1. The van der Waals surface area contributed by atoms with Crippen LogP contribution in [-0.4, -0.2) is 44.6 Å². The number of pyridine rings is 1. The maximum Gasteiger partial charge on any atom is 0.255 e. The van der Waals surface area contributed by atoms with E-state index in [2.05, 4.69) is 10.3 Å². The molecule has 0 bridgehead atoms. The van der Waals surface area contributed by atoms with Crippen LogP contribution in [0.15, 0.2) is 77.2 Å². The lowest BCUT2D eigenvalue weighted by atomic mass is 9.90. The third kappa shape index (κ3) is 4.53. The number of halogens is 1. The standard InChI is InChI=1S/C34H29FN4O5S/c1-34(2)29-20-8-6-7-9-23(20)38-31(29)30-26(44-34)15-14-24(37-30)21-16-22-27(17-25(21)39(4)45(5,41)42)43-32(28(22)33(40)36-3)18-10-12-19(35)13-11-18/h6-17,38H,1-5H3,(H,36,40). The quantitative estimate of drug-likeness (QED) is 0.217. The highest BCUT2D eigenvalue weighted by atomic mass is 32.2. The molecule has 1 aliphatic rings. The molecule has 0 spiro atoms. The van der Waals surface area contributed by atoms with Gasteiger partial charge in [0.1, 0.15) is 34.2 Å². The Balaban J connectivity index is 1.51. The molecule has 0 fully saturated rings. The molecule has 6 aromatic rings. The highest BCUT2D eigenvalue weighted by molar-refractivity contribution is 7.92. The number of anilines is 1. The first-order chi connectivity index (χ1) is 21.4. The molecule has 3 aromatic heterocycles. The number of benzene rings is 3. The Morgan fingerprint density at radius 2 is 1.76 bits per heavy atom. The predicted molar refractivity (Wildman–Crippen MR) is 172 cm³/mol. The van der Waals surface area contributed by atoms with Crippen LogP contribution in [0.5, 0.6) is 5.75 Å². The molecule has 45 heavy (non-hydrogen) atoms. The fraction of sp³-hybridized carbons (Fsp3) is 0.176. The largest absolute Gasteiger partial charge is 0.481 e. The van der Waals surface area contributed by atoms with Crippen LogP contribution in [0, 0.1) is 5.82 Å². The summed E-state index contributed by atoms with van der Waals surface area (Å²) in [5.74, 6) is -0.0410. The fourth-order valence-corrected chi connectivity index (χ4v) is 6.57. The lowest BCUT2D eigenvalue weighted by Gasteiger charge is -2.33. The first kappa shape index (κ1) is 28.6. The van der Waals surface area contributed by atoms with E-state index < -0.39 is 27.3 Å². The third-order valence-corrected chi connectivity index (χ3v) is 9.44. The van der Waals surface area contributed by atoms with Crippen LogP contribution >= 0.6 is 0 Å². The highest BCUT2D eigenvalue weighted by Crippen LogP contribution is 2.48. The van der Waals surface area contributed by atoms with Gasteiger partial charge in [0.15, 0.2) is 0 Å². The summed E-state index contributed by atoms with van der Waals surface area (Å²) in [5.41, 5.74) is 4.89. The average molecular weight is 625 g/mol. The maximum absolute atomic E-state index is 13.8. The number of aromatic amines is 1. The summed E-state index contributed by atoms with van der Waals surface area (Å²) in [6.45, 7) is 4.02. The summed E-state index contributed by atoms with van der Waals surface area (Å²) < 4.78 is 53.2. The number of H-pyrrole nitrogens is 1. The van der Waals surface area contributed by atoms with Crippen LogP contribution < -0.4 is 14.4 Å². The van der Waals surface area contributed by atoms with Crippen molar-refractivity contribution >= 4 is 43.5 Å². The normalized spacial score (nSPS) is 13.7. The van der Waals surface area contributed by atoms with Gasteiger partial charge in [-0.1, -0.05) is 18.2 Å². The Bertz CT molecular complexity index is 2290. The van der Waals surface area contributed by atoms with Crippen molar-refractivity contribution in [2.24, 2.45) is 0 Å². The summed E-state index contributed by atoms with van der Waals surface area (Å²) in [7, 11) is -0.768. The smallest absolute Gasteiger partial charge is 0.255 e. The van der Waals surface area contributed by atoms with Gasteiger partial charge in [0, 0.05) is 53.1 Å². The van der Waals surface area contributed by atoms with Crippen molar-refractivity contribution in [3.8, 4) is 39.7 Å². The number of furan rings is 1. The van der Waals surface area contributed by atoms with E-state index >= 15 is 0 Å². The summed E-state index contributed by atoms with van der Waals surface area (Å²) in [5, 5.41) is 4.13. The molecule has 0 saturated heterocycles. The van der Waals surface area contributed by atoms with E-state index in [1.807, 2.05) is 44.2 Å². The van der Waals surface area contributed by atoms with E-state index in [1.54, 1.807) is 18.2 Å². The average Bonchev–Trinajstić information content (AvgIpc) is 3.59. The molecule has 228 valence electrons. The van der Waals surface area contributed by atoms with Gasteiger partial charge in [-0.2, -0.15) is 0 Å². The molecule has 7 rings (SSSR count). The fourth-order valence-electron chi connectivity index (χ4n) is 6.06. The van der Waals surface area contributed by atoms with Gasteiger partial charge in [-0.05, 0) is 62.4 Å². The first-order valence-electron chi connectivity index (χ1n) is 14.2. The Morgan fingerprint density at radius 1 is 1.02 bits per heavy atom. The van der Waals surface area contributed by atoms with E-state index in [0.717, 1.165) is 32.7 Å². The Kier molecular flexibility index (Phi) is 6.31. The SMILES string of the molecule is CNC(=O)c1c(-c2ccc(F)cc2)oc2cc(N(C)S(C)(=O)=O)c(-c3ccc4c(n3)-c3[nH]c5ccccc5c3C(C)(C)O4)cc12. The Morgan fingerprint density at radius 3 is 2.47 bits per heavy atom. The number of nitrogens with zero attached hydrogens (tertiary/aromatic N) is 2. The van der Waals surface area contributed by atoms with E-state index in [9.17, 15) is 17.6 Å². The van der Waals surface area contributed by atoms with E-state index in [-0.39, 0.29) is 16.9 Å². The second-order valence-electron chi connectivity index (χ2n) is 11.6. The number of hydrogen-bond acceptors (Lipinski definition) is 6. The summed E-state index contributed by atoms with van der Waals surface area (Å²) in [6.07, 6.45) is 1.11. The van der Waals surface area contributed by atoms with Gasteiger partial charge < -0.3 is 19.5 Å². The van der Waals surface area contributed by atoms with Crippen LogP contribution in [0.2, 0.25) is 0 Å². The molecule has 4 heterocycles. The summed E-state index contributed by atoms with van der Waals surface area (Å²) in [4.78, 5) is 21.8. The van der Waals surface area contributed by atoms with Crippen LogP contribution in [0.3, 0.4) is 0 Å². The molecular formula is C34H29FN4O5S. The van der Waals surface area contributed by atoms with Crippen molar-refractivity contribution in [1.82, 2.24) is 15.3 Å². The molecular weight excluding hydrogens is 595 g/mol. The number of carbonyl (C=O) groups is 1. The Hall–Kier alpha value is -5.16. The van der Waals surface area contributed by atoms with Crippen molar-refractivity contribution in [2.45, 2.75) is 19.4 Å². The topological polar surface area (TPSA) is 118 Å². The van der Waals surface area contributed by atoms with E-state index in [0.29, 0.717) is 39.3 Å². The minimum absolute atomic E-state index is 0.228. The highest BCUT2D eigenvalue weighted by Gasteiger charge is 2.37. The number of carbonyl (C=O) groups excluding carboxylic acids is 1. The minimum Gasteiger partial charge on any atom is -0.481 e. The summed E-state index contributed by atoms with van der Waals surface area (Å²) in [6, 6.07) is 20.5. The van der Waals surface area contributed by atoms with Gasteiger partial charge in [-0.3, -0.25) is 9.10 Å². The zero-order valence-corrected chi connectivity index (χ0v) is 26.0. The zero-order valence-electron chi connectivity index (χ0n) is 25.2. The van der Waals surface area contributed by atoms with Gasteiger partial charge in [0.2, 0.25) is 10.0 Å². The lowest BCUT2D eigenvalue weighted by molar-refractivity contribution is 0.0964. The monoisotopic (exact) mass is 624 g/mol. The molecule has 9 nitrogen and oxygen atoms in total. The van der Waals surface area contributed by atoms with Crippen molar-refractivity contribution in [3.63, 3.8) is 0 Å². The van der Waals surface area contributed by atoms with Gasteiger partial charge in [0.25, 0.3) is 5.91 Å². The minimum atomic E-state index is -3.72.